The van der Waals surface area contributed by atoms with Crippen molar-refractivity contribution in [3.8, 4) is 0 Å². The fourth-order valence-corrected chi connectivity index (χ4v) is 8.58. The molecule has 19 heavy (non-hydrogen) atoms. The van der Waals surface area contributed by atoms with Crippen LogP contribution in [0.1, 0.15) is 48.5 Å². The van der Waals surface area contributed by atoms with Gasteiger partial charge >= 0.3 is 0 Å². The molecule has 1 atom stereocenters. The van der Waals surface area contributed by atoms with Crippen LogP contribution in [0.4, 0.5) is 0 Å². The van der Waals surface area contributed by atoms with Crippen LogP contribution < -0.4 is 0 Å². The first-order chi connectivity index (χ1) is 8.70. The molecule has 0 amide bonds. The Bertz CT molecular complexity index is 263. The van der Waals surface area contributed by atoms with Crippen molar-refractivity contribution in [2.24, 2.45) is 0 Å². The van der Waals surface area contributed by atoms with Crippen molar-refractivity contribution >= 4 is 8.32 Å². The van der Waals surface area contributed by atoms with Crippen molar-refractivity contribution < 1.29 is 14.6 Å². The summed E-state index contributed by atoms with van der Waals surface area (Å²) in [6, 6.07) is 0. The maximum absolute atomic E-state index is 10.1. The SMILES string of the molecule is CC(=CCO)C(O)CO[Si](C(C)C)(C(C)C)C(C)C. The van der Waals surface area contributed by atoms with E-state index in [1.807, 2.05) is 6.92 Å². The molecule has 1 unspecified atom stereocenters. The molecule has 0 saturated carbocycles. The Kier molecular flexibility index (Phi) is 8.13. The van der Waals surface area contributed by atoms with E-state index in [4.69, 9.17) is 9.53 Å². The van der Waals surface area contributed by atoms with Crippen molar-refractivity contribution in [1.82, 2.24) is 0 Å². The minimum atomic E-state index is -1.91. The van der Waals surface area contributed by atoms with E-state index in [1.165, 1.54) is 0 Å². The van der Waals surface area contributed by atoms with E-state index in [2.05, 4.69) is 41.5 Å². The first-order valence-electron chi connectivity index (χ1n) is 7.29. The van der Waals surface area contributed by atoms with Crippen molar-refractivity contribution in [3.05, 3.63) is 11.6 Å². The summed E-state index contributed by atoms with van der Waals surface area (Å²) < 4.78 is 6.31. The fourth-order valence-electron chi connectivity index (χ4n) is 3.13. The van der Waals surface area contributed by atoms with Gasteiger partial charge in [0.1, 0.15) is 0 Å². The van der Waals surface area contributed by atoms with Gasteiger partial charge in [-0.15, -0.1) is 0 Å². The Morgan fingerprint density at radius 2 is 1.47 bits per heavy atom. The summed E-state index contributed by atoms with van der Waals surface area (Å²) in [5, 5.41) is 18.9. The summed E-state index contributed by atoms with van der Waals surface area (Å²) in [7, 11) is -1.91. The van der Waals surface area contributed by atoms with Crippen LogP contribution in [0.2, 0.25) is 16.6 Å². The standard InChI is InChI=1S/C15H32O3Si/c1-11(2)19(12(3)4,13(5)6)18-10-15(17)14(7)8-9-16/h8,11-13,15-17H,9-10H2,1-7H3. The lowest BCUT2D eigenvalue weighted by atomic mass is 10.2. The molecule has 0 rings (SSSR count). The zero-order chi connectivity index (χ0) is 15.2. The molecule has 0 saturated heterocycles. The zero-order valence-electron chi connectivity index (χ0n) is 13.6. The zero-order valence-corrected chi connectivity index (χ0v) is 14.6. The largest absolute Gasteiger partial charge is 0.413 e. The van der Waals surface area contributed by atoms with Crippen molar-refractivity contribution in [3.63, 3.8) is 0 Å². The summed E-state index contributed by atoms with van der Waals surface area (Å²) in [6.07, 6.45) is 1.02. The Hall–Kier alpha value is -0.163. The summed E-state index contributed by atoms with van der Waals surface area (Å²) in [5.41, 5.74) is 2.33. The van der Waals surface area contributed by atoms with Crippen molar-refractivity contribution in [2.45, 2.75) is 71.2 Å². The van der Waals surface area contributed by atoms with Gasteiger partial charge in [0, 0.05) is 0 Å². The molecule has 0 spiro atoms. The molecular formula is C15H32O3Si. The molecule has 3 nitrogen and oxygen atoms in total. The Balaban J connectivity index is 4.91. The maximum Gasteiger partial charge on any atom is 0.200 e. The summed E-state index contributed by atoms with van der Waals surface area (Å²) in [4.78, 5) is 0. The number of hydrogen-bond donors (Lipinski definition) is 2. The van der Waals surface area contributed by atoms with Gasteiger partial charge in [0.2, 0.25) is 0 Å². The van der Waals surface area contributed by atoms with Crippen LogP contribution in [0.3, 0.4) is 0 Å². The van der Waals surface area contributed by atoms with E-state index in [-0.39, 0.29) is 6.61 Å². The second-order valence-electron chi connectivity index (χ2n) is 6.28. The average Bonchev–Trinajstić information content (AvgIpc) is 2.28. The summed E-state index contributed by atoms with van der Waals surface area (Å²) in [5.74, 6) is 0. The predicted molar refractivity (Wildman–Crippen MR) is 83.8 cm³/mol. The molecule has 0 fully saturated rings. The molecule has 0 aliphatic rings. The molecular weight excluding hydrogens is 256 g/mol. The lowest BCUT2D eigenvalue weighted by Crippen LogP contribution is -2.49. The third-order valence-corrected chi connectivity index (χ3v) is 10.2. The molecule has 0 aromatic carbocycles. The van der Waals surface area contributed by atoms with Crippen molar-refractivity contribution in [2.75, 3.05) is 13.2 Å². The molecule has 0 aromatic heterocycles. The second-order valence-corrected chi connectivity index (χ2v) is 11.7. The van der Waals surface area contributed by atoms with E-state index in [1.54, 1.807) is 6.08 Å². The van der Waals surface area contributed by atoms with Gasteiger partial charge in [-0.05, 0) is 29.1 Å². The van der Waals surface area contributed by atoms with Crippen LogP contribution in [-0.4, -0.2) is 37.8 Å². The van der Waals surface area contributed by atoms with E-state index < -0.39 is 14.4 Å². The highest BCUT2D eigenvalue weighted by molar-refractivity contribution is 6.77. The lowest BCUT2D eigenvalue weighted by molar-refractivity contribution is 0.123. The average molecular weight is 289 g/mol. The minimum Gasteiger partial charge on any atom is -0.413 e. The predicted octanol–water partition coefficient (Wildman–Crippen LogP) is 3.48. The highest BCUT2D eigenvalue weighted by Gasteiger charge is 2.45. The first kappa shape index (κ1) is 18.8. The molecule has 0 aliphatic carbocycles. The highest BCUT2D eigenvalue weighted by atomic mass is 28.4. The van der Waals surface area contributed by atoms with E-state index in [0.29, 0.717) is 23.2 Å². The van der Waals surface area contributed by atoms with Crippen LogP contribution in [0, 0.1) is 0 Å². The van der Waals surface area contributed by atoms with Gasteiger partial charge in [-0.2, -0.15) is 0 Å². The van der Waals surface area contributed by atoms with Gasteiger partial charge in [-0.1, -0.05) is 47.6 Å². The van der Waals surface area contributed by atoms with E-state index in [0.717, 1.165) is 5.57 Å². The number of aliphatic hydroxyl groups excluding tert-OH is 2. The monoisotopic (exact) mass is 288 g/mol. The van der Waals surface area contributed by atoms with Crippen LogP contribution in [0.5, 0.6) is 0 Å². The number of rotatable bonds is 8. The van der Waals surface area contributed by atoms with Gasteiger partial charge in [-0.3, -0.25) is 0 Å². The lowest BCUT2D eigenvalue weighted by Gasteiger charge is -2.42. The fraction of sp³-hybridized carbons (Fsp3) is 0.867. The molecule has 114 valence electrons. The summed E-state index contributed by atoms with van der Waals surface area (Å²) in [6.45, 7) is 15.5. The van der Waals surface area contributed by atoms with E-state index in [9.17, 15) is 5.11 Å². The number of aliphatic hydroxyl groups is 2. The molecule has 0 aromatic rings. The second kappa shape index (κ2) is 8.20. The highest BCUT2D eigenvalue weighted by Crippen LogP contribution is 2.42. The van der Waals surface area contributed by atoms with Gasteiger partial charge < -0.3 is 14.6 Å². The maximum atomic E-state index is 10.1. The normalized spacial score (nSPS) is 15.7. The Labute approximate surface area is 119 Å². The first-order valence-corrected chi connectivity index (χ1v) is 9.43. The van der Waals surface area contributed by atoms with E-state index >= 15 is 0 Å². The molecule has 0 radical (unpaired) electrons. The molecule has 0 heterocycles. The van der Waals surface area contributed by atoms with Crippen molar-refractivity contribution in [1.29, 1.82) is 0 Å². The number of hydrogen-bond acceptors (Lipinski definition) is 3. The van der Waals surface area contributed by atoms with Gasteiger partial charge in [-0.25, -0.2) is 0 Å². The van der Waals surface area contributed by atoms with Crippen LogP contribution in [0.25, 0.3) is 0 Å². The third kappa shape index (κ3) is 4.70. The summed E-state index contributed by atoms with van der Waals surface area (Å²) >= 11 is 0. The van der Waals surface area contributed by atoms with Crippen LogP contribution >= 0.6 is 0 Å². The van der Waals surface area contributed by atoms with Gasteiger partial charge in [0.15, 0.2) is 8.32 Å². The quantitative estimate of drug-likeness (QED) is 0.531. The third-order valence-electron chi connectivity index (χ3n) is 4.14. The Morgan fingerprint density at radius 3 is 1.79 bits per heavy atom. The topological polar surface area (TPSA) is 49.7 Å². The van der Waals surface area contributed by atoms with Crippen LogP contribution in [-0.2, 0) is 4.43 Å². The molecule has 2 N–H and O–H groups in total. The van der Waals surface area contributed by atoms with Gasteiger partial charge in [0.25, 0.3) is 0 Å². The molecule has 0 bridgehead atoms. The minimum absolute atomic E-state index is 0.0377. The molecule has 4 heteroatoms. The Morgan fingerprint density at radius 1 is 1.05 bits per heavy atom. The van der Waals surface area contributed by atoms with Crippen LogP contribution in [0.15, 0.2) is 11.6 Å². The smallest absolute Gasteiger partial charge is 0.200 e. The van der Waals surface area contributed by atoms with Gasteiger partial charge in [0.05, 0.1) is 19.3 Å². The molecule has 0 aliphatic heterocycles.